The summed E-state index contributed by atoms with van der Waals surface area (Å²) in [6, 6.07) is 8.33. The quantitative estimate of drug-likeness (QED) is 0.646. The number of ether oxygens (including phenoxy) is 1. The van der Waals surface area contributed by atoms with Gasteiger partial charge in [-0.3, -0.25) is 0 Å². The Labute approximate surface area is 129 Å². The van der Waals surface area contributed by atoms with E-state index in [0.717, 1.165) is 31.6 Å². The molecule has 3 nitrogen and oxygen atoms in total. The first-order chi connectivity index (χ1) is 10.0. The topological polar surface area (TPSA) is 41.5 Å². The molecular weight excluding hydrogens is 262 g/mol. The molecule has 0 aliphatic rings. The monoisotopic (exact) mass is 293 g/mol. The van der Waals surface area contributed by atoms with Crippen LogP contribution in [-0.4, -0.2) is 30.4 Å². The molecule has 2 N–H and O–H groups in total. The van der Waals surface area contributed by atoms with E-state index in [1.165, 1.54) is 5.56 Å². The third-order valence-corrected chi connectivity index (χ3v) is 3.84. The molecule has 1 aromatic carbocycles. The van der Waals surface area contributed by atoms with Gasteiger partial charge in [0.15, 0.2) is 0 Å². The van der Waals surface area contributed by atoms with E-state index < -0.39 is 0 Å². The molecule has 0 spiro atoms. The molecule has 1 rings (SSSR count). The van der Waals surface area contributed by atoms with Gasteiger partial charge in [0.05, 0.1) is 13.2 Å². The first-order valence-electron chi connectivity index (χ1n) is 8.09. The van der Waals surface area contributed by atoms with Crippen LogP contribution in [0.5, 0.6) is 5.75 Å². The third-order valence-electron chi connectivity index (χ3n) is 3.84. The average Bonchev–Trinajstić information content (AvgIpc) is 2.50. The van der Waals surface area contributed by atoms with Crippen LogP contribution in [0.1, 0.15) is 58.4 Å². The van der Waals surface area contributed by atoms with E-state index in [1.54, 1.807) is 0 Å². The zero-order valence-electron chi connectivity index (χ0n) is 14.0. The van der Waals surface area contributed by atoms with Gasteiger partial charge in [0, 0.05) is 5.54 Å². The molecule has 3 heteroatoms. The van der Waals surface area contributed by atoms with Gasteiger partial charge < -0.3 is 15.2 Å². The molecule has 0 aliphatic heterocycles. The number of benzene rings is 1. The maximum atomic E-state index is 9.51. The fraction of sp³-hybridized carbons (Fsp3) is 0.667. The summed E-state index contributed by atoms with van der Waals surface area (Å²) in [6.07, 6.45) is 2.92. The summed E-state index contributed by atoms with van der Waals surface area (Å²) in [5, 5.41) is 12.9. The average molecular weight is 293 g/mol. The van der Waals surface area contributed by atoms with E-state index in [2.05, 4.69) is 45.1 Å². The molecule has 0 aromatic heterocycles. The van der Waals surface area contributed by atoms with Gasteiger partial charge in [0.2, 0.25) is 0 Å². The first kappa shape index (κ1) is 18.0. The van der Waals surface area contributed by atoms with Crippen LogP contribution in [0.15, 0.2) is 24.3 Å². The number of aliphatic hydroxyl groups is 1. The smallest absolute Gasteiger partial charge is 0.119 e. The number of hydrogen-bond donors (Lipinski definition) is 2. The molecular formula is C18H31NO2. The maximum Gasteiger partial charge on any atom is 0.119 e. The summed E-state index contributed by atoms with van der Waals surface area (Å²) in [6.45, 7) is 10.4. The molecule has 0 amide bonds. The van der Waals surface area contributed by atoms with Crippen LogP contribution in [0.3, 0.4) is 0 Å². The SMILES string of the molecule is CCCNC(C)(CO)CCCOc1ccc(C(C)C)cc1. The summed E-state index contributed by atoms with van der Waals surface area (Å²) in [5.41, 5.74) is 1.14. The number of nitrogens with one attached hydrogen (secondary N) is 1. The van der Waals surface area contributed by atoms with Crippen molar-refractivity contribution >= 4 is 0 Å². The second-order valence-corrected chi connectivity index (χ2v) is 6.32. The van der Waals surface area contributed by atoms with Crippen molar-refractivity contribution in [2.45, 2.75) is 58.4 Å². The Morgan fingerprint density at radius 3 is 2.43 bits per heavy atom. The molecule has 21 heavy (non-hydrogen) atoms. The summed E-state index contributed by atoms with van der Waals surface area (Å²) in [5.74, 6) is 1.47. The van der Waals surface area contributed by atoms with Gasteiger partial charge in [-0.1, -0.05) is 32.9 Å². The van der Waals surface area contributed by atoms with E-state index in [4.69, 9.17) is 4.74 Å². The lowest BCUT2D eigenvalue weighted by Crippen LogP contribution is -2.46. The van der Waals surface area contributed by atoms with Gasteiger partial charge in [-0.05, 0) is 56.3 Å². The minimum atomic E-state index is -0.194. The number of aliphatic hydroxyl groups excluding tert-OH is 1. The van der Waals surface area contributed by atoms with Crippen molar-refractivity contribution in [3.05, 3.63) is 29.8 Å². The highest BCUT2D eigenvalue weighted by atomic mass is 16.5. The lowest BCUT2D eigenvalue weighted by molar-refractivity contribution is 0.156. The highest BCUT2D eigenvalue weighted by Gasteiger charge is 2.21. The molecule has 0 saturated carbocycles. The maximum absolute atomic E-state index is 9.51. The molecule has 1 atom stereocenters. The molecule has 0 saturated heterocycles. The second-order valence-electron chi connectivity index (χ2n) is 6.32. The Balaban J connectivity index is 2.32. The third kappa shape index (κ3) is 6.49. The molecule has 1 unspecified atom stereocenters. The summed E-state index contributed by atoms with van der Waals surface area (Å²) in [7, 11) is 0. The van der Waals surface area contributed by atoms with Crippen LogP contribution in [0.25, 0.3) is 0 Å². The Bertz CT molecular complexity index is 389. The molecule has 120 valence electrons. The molecule has 1 aromatic rings. The molecule has 0 radical (unpaired) electrons. The van der Waals surface area contributed by atoms with Crippen LogP contribution in [-0.2, 0) is 0 Å². The fourth-order valence-electron chi connectivity index (χ4n) is 2.25. The van der Waals surface area contributed by atoms with Gasteiger partial charge in [-0.25, -0.2) is 0 Å². The Hall–Kier alpha value is -1.06. The van der Waals surface area contributed by atoms with Crippen LogP contribution in [0.4, 0.5) is 0 Å². The zero-order valence-corrected chi connectivity index (χ0v) is 14.0. The predicted molar refractivity (Wildman–Crippen MR) is 89.0 cm³/mol. The van der Waals surface area contributed by atoms with Crippen molar-refractivity contribution in [3.63, 3.8) is 0 Å². The van der Waals surface area contributed by atoms with Crippen molar-refractivity contribution < 1.29 is 9.84 Å². The summed E-state index contributed by atoms with van der Waals surface area (Å²) >= 11 is 0. The van der Waals surface area contributed by atoms with Crippen LogP contribution in [0, 0.1) is 0 Å². The van der Waals surface area contributed by atoms with E-state index in [1.807, 2.05) is 12.1 Å². The lowest BCUT2D eigenvalue weighted by Gasteiger charge is -2.28. The van der Waals surface area contributed by atoms with Gasteiger partial charge in [0.25, 0.3) is 0 Å². The number of rotatable bonds is 10. The minimum Gasteiger partial charge on any atom is -0.494 e. The largest absolute Gasteiger partial charge is 0.494 e. The van der Waals surface area contributed by atoms with E-state index >= 15 is 0 Å². The van der Waals surface area contributed by atoms with Gasteiger partial charge >= 0.3 is 0 Å². The summed E-state index contributed by atoms with van der Waals surface area (Å²) in [4.78, 5) is 0. The highest BCUT2D eigenvalue weighted by molar-refractivity contribution is 5.28. The van der Waals surface area contributed by atoms with Crippen molar-refractivity contribution in [2.24, 2.45) is 0 Å². The normalized spacial score (nSPS) is 14.2. The molecule has 0 heterocycles. The van der Waals surface area contributed by atoms with E-state index in [-0.39, 0.29) is 12.1 Å². The van der Waals surface area contributed by atoms with E-state index in [0.29, 0.717) is 12.5 Å². The van der Waals surface area contributed by atoms with Crippen molar-refractivity contribution in [2.75, 3.05) is 19.8 Å². The van der Waals surface area contributed by atoms with Crippen molar-refractivity contribution in [1.29, 1.82) is 0 Å². The predicted octanol–water partition coefficient (Wildman–Crippen LogP) is 3.72. The van der Waals surface area contributed by atoms with Crippen LogP contribution in [0.2, 0.25) is 0 Å². The molecule has 0 aliphatic carbocycles. The zero-order chi connectivity index (χ0) is 15.7. The van der Waals surface area contributed by atoms with Gasteiger partial charge in [0.1, 0.15) is 5.75 Å². The van der Waals surface area contributed by atoms with E-state index in [9.17, 15) is 5.11 Å². The molecule has 0 fully saturated rings. The van der Waals surface area contributed by atoms with Crippen molar-refractivity contribution in [3.8, 4) is 5.75 Å². The fourth-order valence-corrected chi connectivity index (χ4v) is 2.25. The van der Waals surface area contributed by atoms with Gasteiger partial charge in [-0.2, -0.15) is 0 Å². The lowest BCUT2D eigenvalue weighted by atomic mass is 9.97. The second kappa shape index (κ2) is 9.06. The first-order valence-corrected chi connectivity index (χ1v) is 8.09. The summed E-state index contributed by atoms with van der Waals surface area (Å²) < 4.78 is 5.78. The Morgan fingerprint density at radius 1 is 1.24 bits per heavy atom. The Morgan fingerprint density at radius 2 is 1.90 bits per heavy atom. The standard InChI is InChI=1S/C18H31NO2/c1-5-12-19-18(4,14-20)11-6-13-21-17-9-7-16(8-10-17)15(2)3/h7-10,15,19-20H,5-6,11-14H2,1-4H3. The molecule has 0 bridgehead atoms. The van der Waals surface area contributed by atoms with Crippen LogP contribution < -0.4 is 10.1 Å². The Kier molecular flexibility index (Phi) is 7.76. The number of hydrogen-bond acceptors (Lipinski definition) is 3. The van der Waals surface area contributed by atoms with Crippen molar-refractivity contribution in [1.82, 2.24) is 5.32 Å². The minimum absolute atomic E-state index is 0.163. The van der Waals surface area contributed by atoms with Gasteiger partial charge in [-0.15, -0.1) is 0 Å². The van der Waals surface area contributed by atoms with Crippen LogP contribution >= 0.6 is 0 Å². The highest BCUT2D eigenvalue weighted by Crippen LogP contribution is 2.19.